The topological polar surface area (TPSA) is 47.3 Å². The van der Waals surface area contributed by atoms with Gasteiger partial charge in [0.2, 0.25) is 0 Å². The molecule has 1 aliphatic carbocycles. The van der Waals surface area contributed by atoms with Gasteiger partial charge in [0.05, 0.1) is 15.9 Å². The molecule has 5 rings (SSSR count). The van der Waals surface area contributed by atoms with Crippen molar-refractivity contribution in [3.63, 3.8) is 0 Å². The molecule has 126 valence electrons. The molecular weight excluding hydrogens is 370 g/mol. The van der Waals surface area contributed by atoms with E-state index in [0.29, 0.717) is 5.75 Å². The molecule has 0 saturated carbocycles. The second-order valence-corrected chi connectivity index (χ2v) is 9.43. The average molecular weight is 386 g/mol. The molecule has 3 aromatic heterocycles. The summed E-state index contributed by atoms with van der Waals surface area (Å²) in [5.74, 6) is 0.675. The van der Waals surface area contributed by atoms with Crippen molar-refractivity contribution in [3.05, 3.63) is 57.0 Å². The van der Waals surface area contributed by atoms with Crippen LogP contribution in [0.5, 0.6) is 0 Å². The SMILES string of the molecule is O=c1cc(CSc2nc3ccccc3s2)nc2sc3c(n12)CCCC3. The van der Waals surface area contributed by atoms with Gasteiger partial charge in [0.1, 0.15) is 0 Å². The van der Waals surface area contributed by atoms with Gasteiger partial charge in [-0.2, -0.15) is 0 Å². The number of nitrogens with zero attached hydrogens (tertiary/aromatic N) is 3. The van der Waals surface area contributed by atoms with Crippen LogP contribution < -0.4 is 5.56 Å². The lowest BCUT2D eigenvalue weighted by Crippen LogP contribution is -2.17. The summed E-state index contributed by atoms with van der Waals surface area (Å²) in [4.78, 5) is 24.2. The molecule has 0 N–H and O–H groups in total. The summed E-state index contributed by atoms with van der Waals surface area (Å²) in [6.45, 7) is 0. The van der Waals surface area contributed by atoms with Crippen molar-refractivity contribution >= 4 is 49.6 Å². The van der Waals surface area contributed by atoms with Gasteiger partial charge in [0, 0.05) is 22.4 Å². The van der Waals surface area contributed by atoms with Crippen molar-refractivity contribution in [1.82, 2.24) is 14.4 Å². The molecular formula is C18H15N3OS3. The maximum atomic E-state index is 12.6. The van der Waals surface area contributed by atoms with Crippen molar-refractivity contribution in [2.75, 3.05) is 0 Å². The second kappa shape index (κ2) is 6.23. The molecule has 4 nitrogen and oxygen atoms in total. The first-order chi connectivity index (χ1) is 12.3. The number of thioether (sulfide) groups is 1. The van der Waals surface area contributed by atoms with Gasteiger partial charge in [-0.25, -0.2) is 9.97 Å². The molecule has 1 aromatic carbocycles. The van der Waals surface area contributed by atoms with Crippen LogP contribution in [0.3, 0.4) is 0 Å². The third kappa shape index (κ3) is 2.80. The Morgan fingerprint density at radius 1 is 1.12 bits per heavy atom. The van der Waals surface area contributed by atoms with Crippen LogP contribution in [0.1, 0.15) is 29.1 Å². The molecule has 0 unspecified atom stereocenters. The maximum absolute atomic E-state index is 12.6. The molecule has 0 bridgehead atoms. The van der Waals surface area contributed by atoms with Crippen LogP contribution in [0.4, 0.5) is 0 Å². The number of rotatable bonds is 3. The highest BCUT2D eigenvalue weighted by Crippen LogP contribution is 2.32. The van der Waals surface area contributed by atoms with E-state index in [0.717, 1.165) is 33.4 Å². The van der Waals surface area contributed by atoms with Gasteiger partial charge in [-0.15, -0.1) is 22.7 Å². The summed E-state index contributed by atoms with van der Waals surface area (Å²) in [7, 11) is 0. The Labute approximate surface area is 156 Å². The average Bonchev–Trinajstić information content (AvgIpc) is 3.20. The molecule has 7 heteroatoms. The van der Waals surface area contributed by atoms with Crippen LogP contribution >= 0.6 is 34.4 Å². The van der Waals surface area contributed by atoms with E-state index in [2.05, 4.69) is 11.1 Å². The van der Waals surface area contributed by atoms with Crippen molar-refractivity contribution < 1.29 is 0 Å². The first-order valence-corrected chi connectivity index (χ1v) is 10.9. The van der Waals surface area contributed by atoms with E-state index in [-0.39, 0.29) is 5.56 Å². The molecule has 0 radical (unpaired) electrons. The lowest BCUT2D eigenvalue weighted by atomic mass is 10.0. The zero-order valence-electron chi connectivity index (χ0n) is 13.4. The van der Waals surface area contributed by atoms with Gasteiger partial charge in [-0.1, -0.05) is 23.9 Å². The number of thiazole rings is 2. The van der Waals surface area contributed by atoms with E-state index in [1.807, 2.05) is 22.6 Å². The zero-order valence-corrected chi connectivity index (χ0v) is 15.8. The third-order valence-electron chi connectivity index (χ3n) is 4.43. The maximum Gasteiger partial charge on any atom is 0.259 e. The highest BCUT2D eigenvalue weighted by molar-refractivity contribution is 8.00. The molecule has 0 amide bonds. The summed E-state index contributed by atoms with van der Waals surface area (Å²) in [5.41, 5.74) is 3.12. The monoisotopic (exact) mass is 385 g/mol. The van der Waals surface area contributed by atoms with E-state index < -0.39 is 0 Å². The van der Waals surface area contributed by atoms with Crippen LogP contribution in [-0.2, 0) is 18.6 Å². The number of benzene rings is 1. The normalized spacial score (nSPS) is 14.2. The van der Waals surface area contributed by atoms with Crippen molar-refractivity contribution in [1.29, 1.82) is 0 Å². The lowest BCUT2D eigenvalue weighted by molar-refractivity contribution is 0.670. The van der Waals surface area contributed by atoms with Crippen LogP contribution in [0.25, 0.3) is 15.2 Å². The predicted octanol–water partition coefficient (Wildman–Crippen LogP) is 4.54. The molecule has 0 aliphatic heterocycles. The fraction of sp³-hybridized carbons (Fsp3) is 0.278. The Kier molecular flexibility index (Phi) is 3.87. The van der Waals surface area contributed by atoms with Crippen molar-refractivity contribution in [2.24, 2.45) is 0 Å². The molecule has 1 aliphatic rings. The van der Waals surface area contributed by atoms with Crippen LogP contribution in [0.15, 0.2) is 39.5 Å². The summed E-state index contributed by atoms with van der Waals surface area (Å²) in [6.07, 6.45) is 4.46. The second-order valence-electron chi connectivity index (χ2n) is 6.12. The summed E-state index contributed by atoms with van der Waals surface area (Å²) < 4.78 is 4.04. The number of para-hydroxylation sites is 1. The van der Waals surface area contributed by atoms with Gasteiger partial charge >= 0.3 is 0 Å². The highest BCUT2D eigenvalue weighted by Gasteiger charge is 2.18. The summed E-state index contributed by atoms with van der Waals surface area (Å²) in [5, 5.41) is 0. The van der Waals surface area contributed by atoms with E-state index in [1.54, 1.807) is 40.5 Å². The fourth-order valence-corrected chi connectivity index (χ4v) is 6.46. The van der Waals surface area contributed by atoms with Gasteiger partial charge in [0.25, 0.3) is 5.56 Å². The number of hydrogen-bond donors (Lipinski definition) is 0. The Hall–Kier alpha value is -1.70. The number of aryl methyl sites for hydroxylation is 2. The molecule has 0 fully saturated rings. The Bertz CT molecular complexity index is 1110. The van der Waals surface area contributed by atoms with Crippen molar-refractivity contribution in [2.45, 2.75) is 35.8 Å². The minimum absolute atomic E-state index is 0.0595. The first-order valence-electron chi connectivity index (χ1n) is 8.29. The van der Waals surface area contributed by atoms with Crippen LogP contribution in [0, 0.1) is 0 Å². The Morgan fingerprint density at radius 3 is 2.92 bits per heavy atom. The molecule has 3 heterocycles. The quantitative estimate of drug-likeness (QED) is 0.486. The molecule has 4 aromatic rings. The fourth-order valence-electron chi connectivity index (χ4n) is 3.26. The molecule has 0 atom stereocenters. The molecule has 0 saturated heterocycles. The summed E-state index contributed by atoms with van der Waals surface area (Å²) in [6, 6.07) is 9.84. The van der Waals surface area contributed by atoms with E-state index >= 15 is 0 Å². The van der Waals surface area contributed by atoms with Crippen molar-refractivity contribution in [3.8, 4) is 0 Å². The standard InChI is InChI=1S/C18H15N3OS3/c22-16-9-11(10-23-18-20-12-5-1-3-7-14(12)25-18)19-17-21(16)13-6-2-4-8-15(13)24-17/h1,3,5,7,9H,2,4,6,8,10H2. The van der Waals surface area contributed by atoms with E-state index in [1.165, 1.54) is 28.1 Å². The van der Waals surface area contributed by atoms with Gasteiger partial charge in [-0.3, -0.25) is 9.20 Å². The zero-order chi connectivity index (χ0) is 16.8. The Morgan fingerprint density at radius 2 is 2.00 bits per heavy atom. The minimum atomic E-state index is 0.0595. The number of fused-ring (bicyclic) bond motifs is 4. The van der Waals surface area contributed by atoms with E-state index in [4.69, 9.17) is 4.98 Å². The van der Waals surface area contributed by atoms with Crippen LogP contribution in [-0.4, -0.2) is 14.4 Å². The lowest BCUT2D eigenvalue weighted by Gasteiger charge is -2.10. The largest absolute Gasteiger partial charge is 0.269 e. The van der Waals surface area contributed by atoms with Crippen LogP contribution in [0.2, 0.25) is 0 Å². The minimum Gasteiger partial charge on any atom is -0.269 e. The van der Waals surface area contributed by atoms with E-state index in [9.17, 15) is 4.79 Å². The number of aromatic nitrogens is 3. The molecule has 25 heavy (non-hydrogen) atoms. The molecule has 0 spiro atoms. The van der Waals surface area contributed by atoms with Gasteiger partial charge in [-0.05, 0) is 37.8 Å². The third-order valence-corrected chi connectivity index (χ3v) is 7.79. The number of hydrogen-bond acceptors (Lipinski definition) is 6. The summed E-state index contributed by atoms with van der Waals surface area (Å²) >= 11 is 5.03. The Balaban J connectivity index is 1.45. The van der Waals surface area contributed by atoms with Gasteiger partial charge in [0.15, 0.2) is 9.30 Å². The predicted molar refractivity (Wildman–Crippen MR) is 105 cm³/mol. The smallest absolute Gasteiger partial charge is 0.259 e. The highest BCUT2D eigenvalue weighted by atomic mass is 32.2. The first kappa shape index (κ1) is 15.5. The van der Waals surface area contributed by atoms with Gasteiger partial charge < -0.3 is 0 Å².